The molecule has 0 N–H and O–H groups in total. The van der Waals surface area contributed by atoms with E-state index in [-0.39, 0.29) is 0 Å². The van der Waals surface area contributed by atoms with Crippen LogP contribution in [0.3, 0.4) is 0 Å². The molecule has 0 saturated heterocycles. The summed E-state index contributed by atoms with van der Waals surface area (Å²) < 4.78 is 9.18. The van der Waals surface area contributed by atoms with Crippen molar-refractivity contribution in [3.05, 3.63) is 54.1 Å². The SMILES string of the molecule is COc1ccc(Cn2ncnc2-c2ccn(C)c2C)cc1. The van der Waals surface area contributed by atoms with Crippen molar-refractivity contribution in [2.45, 2.75) is 13.5 Å². The molecule has 0 fully saturated rings. The molecule has 2 aromatic heterocycles. The molecule has 5 heteroatoms. The molecule has 108 valence electrons. The van der Waals surface area contributed by atoms with Crippen molar-refractivity contribution >= 4 is 0 Å². The predicted molar refractivity (Wildman–Crippen MR) is 81.3 cm³/mol. The average molecular weight is 282 g/mol. The first-order valence-corrected chi connectivity index (χ1v) is 6.82. The third-order valence-corrected chi connectivity index (χ3v) is 3.73. The zero-order valence-electron chi connectivity index (χ0n) is 12.4. The highest BCUT2D eigenvalue weighted by Gasteiger charge is 2.12. The lowest BCUT2D eigenvalue weighted by Gasteiger charge is -2.07. The number of rotatable bonds is 4. The van der Waals surface area contributed by atoms with Crippen molar-refractivity contribution in [2.24, 2.45) is 7.05 Å². The van der Waals surface area contributed by atoms with E-state index in [4.69, 9.17) is 4.74 Å². The predicted octanol–water partition coefficient (Wildman–Crippen LogP) is 2.65. The summed E-state index contributed by atoms with van der Waals surface area (Å²) in [6.45, 7) is 2.77. The van der Waals surface area contributed by atoms with Crippen molar-refractivity contribution in [1.82, 2.24) is 19.3 Å². The van der Waals surface area contributed by atoms with Crippen LogP contribution in [-0.2, 0) is 13.6 Å². The van der Waals surface area contributed by atoms with E-state index in [0.29, 0.717) is 6.54 Å². The number of aryl methyl sites for hydroxylation is 1. The second kappa shape index (κ2) is 5.44. The van der Waals surface area contributed by atoms with Crippen LogP contribution in [0.5, 0.6) is 5.75 Å². The van der Waals surface area contributed by atoms with E-state index in [0.717, 1.165) is 22.7 Å². The molecule has 0 spiro atoms. The lowest BCUT2D eigenvalue weighted by atomic mass is 10.2. The molecule has 3 rings (SSSR count). The molecule has 0 amide bonds. The van der Waals surface area contributed by atoms with Gasteiger partial charge in [-0.05, 0) is 30.7 Å². The van der Waals surface area contributed by atoms with Crippen LogP contribution in [0.1, 0.15) is 11.3 Å². The molecule has 0 atom stereocenters. The smallest absolute Gasteiger partial charge is 0.160 e. The number of benzene rings is 1. The summed E-state index contributed by atoms with van der Waals surface area (Å²) in [7, 11) is 3.70. The van der Waals surface area contributed by atoms with Crippen LogP contribution in [0.4, 0.5) is 0 Å². The first-order chi connectivity index (χ1) is 10.2. The van der Waals surface area contributed by atoms with Gasteiger partial charge in [0.2, 0.25) is 0 Å². The third kappa shape index (κ3) is 2.54. The first-order valence-electron chi connectivity index (χ1n) is 6.82. The summed E-state index contributed by atoms with van der Waals surface area (Å²) in [5, 5.41) is 4.35. The van der Waals surface area contributed by atoms with Crippen molar-refractivity contribution in [3.8, 4) is 17.1 Å². The first kappa shape index (κ1) is 13.4. The highest BCUT2D eigenvalue weighted by Crippen LogP contribution is 2.22. The Morgan fingerprint density at radius 3 is 2.52 bits per heavy atom. The second-order valence-electron chi connectivity index (χ2n) is 5.02. The summed E-state index contributed by atoms with van der Waals surface area (Å²) in [6, 6.07) is 10.1. The Hall–Kier alpha value is -2.56. The molecule has 3 aromatic rings. The van der Waals surface area contributed by atoms with Gasteiger partial charge < -0.3 is 9.30 Å². The molecule has 0 radical (unpaired) electrons. The highest BCUT2D eigenvalue weighted by atomic mass is 16.5. The fraction of sp³-hybridized carbons (Fsp3) is 0.250. The molecule has 0 bridgehead atoms. The standard InChI is InChI=1S/C16H18N4O/c1-12-15(8-9-19(12)2)16-17-11-18-20(16)10-13-4-6-14(21-3)7-5-13/h4-9,11H,10H2,1-3H3. The topological polar surface area (TPSA) is 44.9 Å². The van der Waals surface area contributed by atoms with Gasteiger partial charge in [0.1, 0.15) is 12.1 Å². The van der Waals surface area contributed by atoms with Gasteiger partial charge in [0, 0.05) is 24.5 Å². The molecule has 2 heterocycles. The Labute approximate surface area is 123 Å². The number of methoxy groups -OCH3 is 1. The maximum Gasteiger partial charge on any atom is 0.160 e. The van der Waals surface area contributed by atoms with E-state index in [2.05, 4.69) is 27.6 Å². The zero-order valence-corrected chi connectivity index (χ0v) is 12.4. The van der Waals surface area contributed by atoms with Crippen LogP contribution in [0.2, 0.25) is 0 Å². The third-order valence-electron chi connectivity index (χ3n) is 3.73. The lowest BCUT2D eigenvalue weighted by Crippen LogP contribution is -2.04. The van der Waals surface area contributed by atoms with Crippen LogP contribution < -0.4 is 4.74 Å². The molecule has 0 aliphatic carbocycles. The minimum absolute atomic E-state index is 0.688. The van der Waals surface area contributed by atoms with Crippen molar-refractivity contribution < 1.29 is 4.74 Å². The molecule has 0 aliphatic heterocycles. The molecule has 21 heavy (non-hydrogen) atoms. The molecule has 0 unspecified atom stereocenters. The van der Waals surface area contributed by atoms with Gasteiger partial charge in [0.25, 0.3) is 0 Å². The van der Waals surface area contributed by atoms with Crippen molar-refractivity contribution in [1.29, 1.82) is 0 Å². The molecular formula is C16H18N4O. The Morgan fingerprint density at radius 2 is 1.90 bits per heavy atom. The molecule has 0 saturated carbocycles. The number of aromatic nitrogens is 4. The van der Waals surface area contributed by atoms with Gasteiger partial charge in [-0.1, -0.05) is 12.1 Å². The molecule has 0 aliphatic rings. The molecule has 1 aromatic carbocycles. The van der Waals surface area contributed by atoms with Crippen LogP contribution >= 0.6 is 0 Å². The molecular weight excluding hydrogens is 264 g/mol. The Morgan fingerprint density at radius 1 is 1.14 bits per heavy atom. The summed E-state index contributed by atoms with van der Waals surface area (Å²) in [5.74, 6) is 1.75. The maximum atomic E-state index is 5.18. The van der Waals surface area contributed by atoms with Gasteiger partial charge in [-0.25, -0.2) is 9.67 Å². The van der Waals surface area contributed by atoms with E-state index in [1.807, 2.05) is 42.2 Å². The summed E-state index contributed by atoms with van der Waals surface area (Å²) >= 11 is 0. The van der Waals surface area contributed by atoms with Crippen molar-refractivity contribution in [3.63, 3.8) is 0 Å². The monoisotopic (exact) mass is 282 g/mol. The zero-order chi connectivity index (χ0) is 14.8. The fourth-order valence-corrected chi connectivity index (χ4v) is 2.34. The number of hydrogen-bond donors (Lipinski definition) is 0. The van der Waals surface area contributed by atoms with E-state index in [1.165, 1.54) is 5.69 Å². The Bertz CT molecular complexity index is 740. The van der Waals surface area contributed by atoms with Gasteiger partial charge in [-0.3, -0.25) is 0 Å². The van der Waals surface area contributed by atoms with E-state index in [9.17, 15) is 0 Å². The average Bonchev–Trinajstić information content (AvgIpc) is 3.08. The van der Waals surface area contributed by atoms with Crippen LogP contribution in [0.25, 0.3) is 11.4 Å². The molecule has 5 nitrogen and oxygen atoms in total. The lowest BCUT2D eigenvalue weighted by molar-refractivity contribution is 0.414. The van der Waals surface area contributed by atoms with E-state index < -0.39 is 0 Å². The fourth-order valence-electron chi connectivity index (χ4n) is 2.34. The number of ether oxygens (including phenoxy) is 1. The van der Waals surface area contributed by atoms with E-state index >= 15 is 0 Å². The van der Waals surface area contributed by atoms with Crippen molar-refractivity contribution in [2.75, 3.05) is 7.11 Å². The van der Waals surface area contributed by atoms with E-state index in [1.54, 1.807) is 13.4 Å². The minimum Gasteiger partial charge on any atom is -0.497 e. The van der Waals surface area contributed by atoms with Gasteiger partial charge in [-0.15, -0.1) is 0 Å². The van der Waals surface area contributed by atoms with Crippen LogP contribution in [0, 0.1) is 6.92 Å². The maximum absolute atomic E-state index is 5.18. The Balaban J connectivity index is 1.90. The van der Waals surface area contributed by atoms with Gasteiger partial charge in [0.05, 0.1) is 13.7 Å². The minimum atomic E-state index is 0.688. The number of hydrogen-bond acceptors (Lipinski definition) is 3. The quantitative estimate of drug-likeness (QED) is 0.739. The summed E-state index contributed by atoms with van der Waals surface area (Å²) in [4.78, 5) is 4.40. The van der Waals surface area contributed by atoms with Gasteiger partial charge in [-0.2, -0.15) is 5.10 Å². The summed E-state index contributed by atoms with van der Waals surface area (Å²) in [6.07, 6.45) is 3.64. The van der Waals surface area contributed by atoms with Gasteiger partial charge >= 0.3 is 0 Å². The Kier molecular flexibility index (Phi) is 3.48. The van der Waals surface area contributed by atoms with Gasteiger partial charge in [0.15, 0.2) is 5.82 Å². The van der Waals surface area contributed by atoms with Crippen LogP contribution in [-0.4, -0.2) is 26.4 Å². The largest absolute Gasteiger partial charge is 0.497 e. The second-order valence-corrected chi connectivity index (χ2v) is 5.02. The van der Waals surface area contributed by atoms with Crippen LogP contribution in [0.15, 0.2) is 42.9 Å². The highest BCUT2D eigenvalue weighted by molar-refractivity contribution is 5.58. The summed E-state index contributed by atoms with van der Waals surface area (Å²) in [5.41, 5.74) is 3.46. The normalized spacial score (nSPS) is 10.8. The number of nitrogens with zero attached hydrogens (tertiary/aromatic N) is 4.